The van der Waals surface area contributed by atoms with Gasteiger partial charge in [0.05, 0.1) is 38.3 Å². The van der Waals surface area contributed by atoms with Crippen molar-refractivity contribution in [1.82, 2.24) is 34.0 Å². The second kappa shape index (κ2) is 25.2. The van der Waals surface area contributed by atoms with Crippen LogP contribution >= 0.6 is 8.60 Å². The summed E-state index contributed by atoms with van der Waals surface area (Å²) < 4.78 is 53.1. The first-order valence-electron chi connectivity index (χ1n) is 27.7. The number of hydrogen-bond donors (Lipinski definition) is 2. The fourth-order valence-electron chi connectivity index (χ4n) is 10.2. The van der Waals surface area contributed by atoms with Crippen molar-refractivity contribution < 1.29 is 41.5 Å². The number of ether oxygens (including phenoxy) is 2. The van der Waals surface area contributed by atoms with E-state index in [-0.39, 0.29) is 53.9 Å². The molecule has 434 valence electrons. The Morgan fingerprint density at radius 2 is 1.35 bits per heavy atom. The third kappa shape index (κ3) is 13.3. The van der Waals surface area contributed by atoms with Crippen LogP contribution in [-0.4, -0.2) is 114 Å². The van der Waals surface area contributed by atoms with Crippen LogP contribution in [0.1, 0.15) is 101 Å². The zero-order valence-corrected chi connectivity index (χ0v) is 51.4. The van der Waals surface area contributed by atoms with Gasteiger partial charge in [0.15, 0.2) is 25.3 Å². The predicted molar refractivity (Wildman–Crippen MR) is 320 cm³/mol. The van der Waals surface area contributed by atoms with E-state index in [0.29, 0.717) is 28.7 Å². The molecular weight excluding hydrogens is 1100 g/mol. The van der Waals surface area contributed by atoms with Gasteiger partial charge in [-0.05, 0) is 58.2 Å². The Hall–Kier alpha value is -6.37. The number of fused-ring (bicyclic) bond motifs is 1. The Labute approximate surface area is 481 Å². The number of anilines is 1. The number of nitrogens with zero attached hydrogens (tertiary/aromatic N) is 6. The van der Waals surface area contributed by atoms with Crippen LogP contribution in [0.15, 0.2) is 150 Å². The topological polar surface area (TPSA) is 212 Å². The van der Waals surface area contributed by atoms with Crippen molar-refractivity contribution in [2.45, 2.75) is 134 Å². The van der Waals surface area contributed by atoms with Gasteiger partial charge in [0.1, 0.15) is 37.1 Å². The molecule has 0 saturated carbocycles. The van der Waals surface area contributed by atoms with Crippen LogP contribution in [0.3, 0.4) is 0 Å². The third-order valence-corrected chi connectivity index (χ3v) is 26.6. The Bertz CT molecular complexity index is 3380. The largest absolute Gasteiger partial charge is 0.411 e. The molecule has 4 aromatic carbocycles. The summed E-state index contributed by atoms with van der Waals surface area (Å²) in [6, 6.07) is 39.2. The van der Waals surface area contributed by atoms with E-state index in [1.165, 1.54) is 24.0 Å². The number of nitrogens with one attached hydrogen (secondary N) is 2. The van der Waals surface area contributed by atoms with Crippen LogP contribution in [0.5, 0.6) is 0 Å². The Kier molecular flexibility index (Phi) is 18.5. The van der Waals surface area contributed by atoms with E-state index in [0.717, 1.165) is 15.9 Å². The molecule has 2 N–H and O–H groups in total. The lowest BCUT2D eigenvalue weighted by Crippen LogP contribution is -2.67. The van der Waals surface area contributed by atoms with Gasteiger partial charge in [0, 0.05) is 44.1 Å². The molecule has 2 saturated heterocycles. The highest BCUT2D eigenvalue weighted by Gasteiger charge is 2.52. The summed E-state index contributed by atoms with van der Waals surface area (Å²) in [7, 11) is -6.32. The zero-order chi connectivity index (χ0) is 58.6. The molecule has 2 fully saturated rings. The second-order valence-electron chi connectivity index (χ2n) is 23.5. The number of aryl methyl sites for hydroxylation is 1. The molecule has 2 aliphatic rings. The summed E-state index contributed by atoms with van der Waals surface area (Å²) in [5, 5.41) is 4.52. The molecule has 8 atom stereocenters. The number of likely N-dealkylation sites (N-methyl/N-ethyl adjacent to an activating group) is 1. The Morgan fingerprint density at radius 1 is 0.780 bits per heavy atom. The lowest BCUT2D eigenvalue weighted by atomic mass is 10.1. The standard InChI is InChI=1S/C60H75N8O11PSi2/c1-40-34-67(58(72)65-56(40)70)51-33-47(79-81(10,11)59(3,4)5)49(75-51)36-73-80(78-48(35-66(9)41(2)69)42-24-16-12-17-25-42)77-46-32-52(68-39-63-53-54(61-38-62-55(53)68)64-57(71)43-26-18-13-19-27-43)76-50(46)37-74-82(60(6,7)8,44-28-20-14-21-29-44)45-30-22-15-23-31-45/h12-31,34,38-39,46-52H,32-33,35-37H2,1-11H3,(H,65,70,72)(H,61,62,64,71)/t46-,47-,48-,49+,50+,51+,52+,80+/m0/s1. The van der Waals surface area contributed by atoms with E-state index in [1.807, 2.05) is 77.4 Å². The van der Waals surface area contributed by atoms with E-state index in [9.17, 15) is 19.2 Å². The molecule has 9 rings (SSSR count). The first kappa shape index (κ1) is 60.2. The van der Waals surface area contributed by atoms with Gasteiger partial charge >= 0.3 is 14.3 Å². The van der Waals surface area contributed by atoms with Crippen molar-refractivity contribution in [3.63, 3.8) is 0 Å². The summed E-state index contributed by atoms with van der Waals surface area (Å²) in [5.41, 5.74) is 1.29. The summed E-state index contributed by atoms with van der Waals surface area (Å²) in [4.78, 5) is 70.1. The molecule has 19 nitrogen and oxygen atoms in total. The SMILES string of the molecule is CC(=O)N(C)C[C@H](O[P@](OC[C@H]1O[C@@H](n2cc(C)c(=O)[nH]c2=O)C[C@@H]1O[Si](C)(C)C(C)(C)C)O[C@H]1C[C@H](n2cnc3c(NC(=O)c4ccccc4)ncnc32)O[C@@H]1CO[Si](c1ccccc1)(c1ccccc1)C(C)(C)C)c1ccccc1. The van der Waals surface area contributed by atoms with Crippen molar-refractivity contribution in [3.8, 4) is 0 Å². The first-order chi connectivity index (χ1) is 39.0. The predicted octanol–water partition coefficient (Wildman–Crippen LogP) is 9.34. The van der Waals surface area contributed by atoms with Gasteiger partial charge in [-0.25, -0.2) is 19.7 Å². The maximum atomic E-state index is 13.4. The van der Waals surface area contributed by atoms with E-state index in [1.54, 1.807) is 49.5 Å². The summed E-state index contributed by atoms with van der Waals surface area (Å²) in [6.07, 6.45) is -0.0328. The molecule has 5 heterocycles. The highest BCUT2D eigenvalue weighted by molar-refractivity contribution is 7.41. The smallest absolute Gasteiger partial charge is 0.333 e. The second-order valence-corrected chi connectivity index (χ2v) is 33.7. The number of carbonyl (C=O) groups is 2. The molecule has 2 aliphatic heterocycles. The van der Waals surface area contributed by atoms with E-state index < -0.39 is 79.5 Å². The van der Waals surface area contributed by atoms with Crippen molar-refractivity contribution in [1.29, 1.82) is 0 Å². The lowest BCUT2D eigenvalue weighted by Gasteiger charge is -2.43. The highest BCUT2D eigenvalue weighted by Crippen LogP contribution is 2.51. The molecule has 0 bridgehead atoms. The number of amides is 2. The van der Waals surface area contributed by atoms with Crippen LogP contribution in [0.25, 0.3) is 11.2 Å². The number of carbonyl (C=O) groups excluding carboxylic acids is 2. The Balaban J connectivity index is 1.11. The third-order valence-electron chi connectivity index (χ3n) is 15.8. The van der Waals surface area contributed by atoms with Crippen LogP contribution in [-0.2, 0) is 36.7 Å². The summed E-state index contributed by atoms with van der Waals surface area (Å²) in [6.45, 7) is 20.7. The minimum absolute atomic E-state index is 0.0794. The molecule has 0 unspecified atom stereocenters. The van der Waals surface area contributed by atoms with Crippen LogP contribution < -0.4 is 26.9 Å². The first-order valence-corrected chi connectivity index (χ1v) is 33.6. The summed E-state index contributed by atoms with van der Waals surface area (Å²) >= 11 is 0. The molecule has 3 aromatic heterocycles. The number of rotatable bonds is 21. The van der Waals surface area contributed by atoms with Crippen LogP contribution in [0.2, 0.25) is 23.2 Å². The Morgan fingerprint density at radius 3 is 1.95 bits per heavy atom. The molecule has 82 heavy (non-hydrogen) atoms. The van der Waals surface area contributed by atoms with E-state index >= 15 is 0 Å². The fourth-order valence-corrected chi connectivity index (χ4v) is 17.4. The van der Waals surface area contributed by atoms with Gasteiger partial charge in [0.2, 0.25) is 5.91 Å². The number of imidazole rings is 1. The quantitative estimate of drug-likeness (QED) is 0.0507. The van der Waals surface area contributed by atoms with Gasteiger partial charge in [-0.15, -0.1) is 0 Å². The highest BCUT2D eigenvalue weighted by atomic mass is 31.2. The normalized spacial score (nSPS) is 20.4. The molecule has 22 heteroatoms. The molecule has 7 aromatic rings. The maximum absolute atomic E-state index is 13.4. The lowest BCUT2D eigenvalue weighted by molar-refractivity contribution is -0.128. The summed E-state index contributed by atoms with van der Waals surface area (Å²) in [5.74, 6) is -0.281. The number of H-pyrrole nitrogens is 1. The van der Waals surface area contributed by atoms with Crippen molar-refractivity contribution in [3.05, 3.63) is 178 Å². The van der Waals surface area contributed by atoms with Crippen molar-refractivity contribution in [2.75, 3.05) is 32.1 Å². The average Bonchev–Trinajstić information content (AvgIpc) is 4.25. The maximum Gasteiger partial charge on any atom is 0.333 e. The number of hydrogen-bond acceptors (Lipinski definition) is 14. The zero-order valence-electron chi connectivity index (χ0n) is 48.5. The molecular formula is C60H75N8O11PSi2. The molecule has 2 amide bonds. The van der Waals surface area contributed by atoms with Crippen LogP contribution in [0.4, 0.5) is 5.82 Å². The minimum Gasteiger partial charge on any atom is -0.411 e. The van der Waals surface area contributed by atoms with Crippen molar-refractivity contribution >= 4 is 64.4 Å². The van der Waals surface area contributed by atoms with E-state index in [2.05, 4.69) is 99.2 Å². The molecule has 0 spiro atoms. The number of aromatic nitrogens is 6. The van der Waals surface area contributed by atoms with Gasteiger partial charge < -0.3 is 42.1 Å². The van der Waals surface area contributed by atoms with Crippen molar-refractivity contribution in [2.24, 2.45) is 0 Å². The van der Waals surface area contributed by atoms with Gasteiger partial charge in [-0.3, -0.25) is 28.5 Å². The monoisotopic (exact) mass is 1170 g/mol. The number of aromatic amines is 1. The fraction of sp³-hybridized carbons (Fsp3) is 0.417. The van der Waals surface area contributed by atoms with Crippen LogP contribution in [0, 0.1) is 6.92 Å². The minimum atomic E-state index is -3.17. The average molecular weight is 1170 g/mol. The number of benzene rings is 4. The van der Waals surface area contributed by atoms with Gasteiger partial charge in [0.25, 0.3) is 19.8 Å². The molecule has 0 radical (unpaired) electrons. The molecule has 0 aliphatic carbocycles. The van der Waals surface area contributed by atoms with E-state index in [4.69, 9.17) is 36.9 Å². The van der Waals surface area contributed by atoms with Gasteiger partial charge in [-0.2, -0.15) is 0 Å². The van der Waals surface area contributed by atoms with Gasteiger partial charge in [-0.1, -0.05) is 151 Å².